The first-order valence-electron chi connectivity index (χ1n) is 8.78. The van der Waals surface area contributed by atoms with Crippen molar-refractivity contribution in [3.05, 3.63) is 69.0 Å². The molecule has 0 radical (unpaired) electrons. The van der Waals surface area contributed by atoms with Gasteiger partial charge in [0.2, 0.25) is 0 Å². The summed E-state index contributed by atoms with van der Waals surface area (Å²) in [7, 11) is 1.57. The Bertz CT molecular complexity index is 978. The molecule has 1 fully saturated rings. The van der Waals surface area contributed by atoms with Crippen molar-refractivity contribution in [2.75, 3.05) is 13.7 Å². The highest BCUT2D eigenvalue weighted by Gasteiger charge is 2.42. The fraction of sp³-hybridized carbons (Fsp3) is 0.190. The van der Waals surface area contributed by atoms with E-state index in [1.165, 1.54) is 4.90 Å². The number of esters is 1. The highest BCUT2D eigenvalue weighted by molar-refractivity contribution is 9.10. The Morgan fingerprint density at radius 2 is 2.00 bits per heavy atom. The number of carbonyl (C=O) groups excluding carboxylic acids is 2. The van der Waals surface area contributed by atoms with E-state index in [0.29, 0.717) is 20.5 Å². The van der Waals surface area contributed by atoms with Crippen molar-refractivity contribution in [1.82, 2.24) is 4.90 Å². The van der Waals surface area contributed by atoms with Crippen LogP contribution >= 0.6 is 39.9 Å². The van der Waals surface area contributed by atoms with Crippen molar-refractivity contribution in [3.63, 3.8) is 0 Å². The minimum Gasteiger partial charge on any atom is -0.496 e. The lowest BCUT2D eigenvalue weighted by atomic mass is 10.1. The number of thiocarbonyl (C=S) groups is 1. The van der Waals surface area contributed by atoms with E-state index >= 15 is 0 Å². The number of carbonyl (C=O) groups is 2. The maximum atomic E-state index is 13.2. The highest BCUT2D eigenvalue weighted by Crippen LogP contribution is 2.39. The largest absolute Gasteiger partial charge is 0.496 e. The van der Waals surface area contributed by atoms with Crippen LogP contribution < -0.4 is 4.74 Å². The molecule has 0 saturated carbocycles. The van der Waals surface area contributed by atoms with Gasteiger partial charge in [-0.05, 0) is 36.8 Å². The van der Waals surface area contributed by atoms with Gasteiger partial charge in [0, 0.05) is 10.0 Å². The number of nitrogens with zero attached hydrogens (tertiary/aromatic N) is 1. The lowest BCUT2D eigenvalue weighted by Crippen LogP contribution is -2.38. The van der Waals surface area contributed by atoms with Gasteiger partial charge in [-0.2, -0.15) is 0 Å². The van der Waals surface area contributed by atoms with Crippen LogP contribution in [0.4, 0.5) is 0 Å². The number of ether oxygens (including phenoxy) is 2. The highest BCUT2D eigenvalue weighted by atomic mass is 79.9. The van der Waals surface area contributed by atoms with Crippen LogP contribution in [0.25, 0.3) is 6.08 Å². The van der Waals surface area contributed by atoms with Gasteiger partial charge in [0.05, 0.1) is 18.6 Å². The van der Waals surface area contributed by atoms with Crippen molar-refractivity contribution in [1.29, 1.82) is 0 Å². The third kappa shape index (κ3) is 4.71. The molecule has 5 nitrogen and oxygen atoms in total. The van der Waals surface area contributed by atoms with Crippen LogP contribution in [0.5, 0.6) is 5.75 Å². The molecule has 2 aromatic carbocycles. The summed E-state index contributed by atoms with van der Waals surface area (Å²) in [6, 6.07) is 13.6. The molecule has 1 aliphatic rings. The predicted molar refractivity (Wildman–Crippen MR) is 122 cm³/mol. The number of hydrogen-bond acceptors (Lipinski definition) is 6. The van der Waals surface area contributed by atoms with Gasteiger partial charge in [-0.25, -0.2) is 4.79 Å². The maximum absolute atomic E-state index is 13.2. The number of rotatable bonds is 6. The summed E-state index contributed by atoms with van der Waals surface area (Å²) < 4.78 is 11.8. The van der Waals surface area contributed by atoms with Crippen molar-refractivity contribution < 1.29 is 19.1 Å². The molecule has 0 bridgehead atoms. The number of benzene rings is 2. The zero-order chi connectivity index (χ0) is 21.0. The maximum Gasteiger partial charge on any atom is 0.333 e. The molecule has 1 aliphatic heterocycles. The Labute approximate surface area is 187 Å². The average Bonchev–Trinajstić information content (AvgIpc) is 2.97. The lowest BCUT2D eigenvalue weighted by molar-refractivity contribution is -0.151. The van der Waals surface area contributed by atoms with E-state index in [4.69, 9.17) is 21.7 Å². The Morgan fingerprint density at radius 1 is 1.28 bits per heavy atom. The van der Waals surface area contributed by atoms with E-state index in [-0.39, 0.29) is 12.5 Å². The summed E-state index contributed by atoms with van der Waals surface area (Å²) in [5.41, 5.74) is 1.37. The van der Waals surface area contributed by atoms with Crippen molar-refractivity contribution in [3.8, 4) is 5.75 Å². The van der Waals surface area contributed by atoms with Gasteiger partial charge in [-0.15, -0.1) is 0 Å². The minimum absolute atomic E-state index is 0.210. The fourth-order valence-corrected chi connectivity index (χ4v) is 4.59. The van der Waals surface area contributed by atoms with Gasteiger partial charge in [-0.3, -0.25) is 9.69 Å². The van der Waals surface area contributed by atoms with Crippen LogP contribution in [0.2, 0.25) is 0 Å². The summed E-state index contributed by atoms with van der Waals surface area (Å²) in [6.07, 6.45) is 1.72. The first-order chi connectivity index (χ1) is 14.0. The molecule has 1 saturated heterocycles. The Balaban J connectivity index is 2.00. The van der Waals surface area contributed by atoms with E-state index in [2.05, 4.69) is 15.9 Å². The van der Waals surface area contributed by atoms with E-state index in [0.717, 1.165) is 21.8 Å². The summed E-state index contributed by atoms with van der Waals surface area (Å²) in [5.74, 6) is -0.233. The smallest absolute Gasteiger partial charge is 0.333 e. The molecule has 1 amide bonds. The van der Waals surface area contributed by atoms with Crippen molar-refractivity contribution in [2.24, 2.45) is 0 Å². The zero-order valence-corrected chi connectivity index (χ0v) is 19.0. The number of amides is 1. The van der Waals surface area contributed by atoms with Crippen LogP contribution in [0, 0.1) is 0 Å². The van der Waals surface area contributed by atoms with Crippen molar-refractivity contribution in [2.45, 2.75) is 13.0 Å². The van der Waals surface area contributed by atoms with Gasteiger partial charge in [0.1, 0.15) is 10.1 Å². The monoisotopic (exact) mass is 491 g/mol. The normalized spacial score (nSPS) is 16.2. The topological polar surface area (TPSA) is 55.8 Å². The number of hydrogen-bond donors (Lipinski definition) is 0. The van der Waals surface area contributed by atoms with Gasteiger partial charge < -0.3 is 9.47 Å². The molecular weight excluding hydrogens is 474 g/mol. The average molecular weight is 492 g/mol. The van der Waals surface area contributed by atoms with E-state index < -0.39 is 12.0 Å². The van der Waals surface area contributed by atoms with E-state index in [9.17, 15) is 9.59 Å². The molecule has 0 spiro atoms. The number of methoxy groups -OCH3 is 1. The van der Waals surface area contributed by atoms with Crippen LogP contribution in [-0.4, -0.2) is 34.8 Å². The molecule has 0 N–H and O–H groups in total. The Morgan fingerprint density at radius 3 is 2.66 bits per heavy atom. The van der Waals surface area contributed by atoms with Crippen LogP contribution in [0.3, 0.4) is 0 Å². The quantitative estimate of drug-likeness (QED) is 0.323. The standard InChI is InChI=1S/C21H18BrNO4S2/c1-3-27-20(25)18(13-7-5-4-6-8-13)23-19(24)17(29-21(23)28)12-14-11-15(22)9-10-16(14)26-2/h4-12,18H,3H2,1-2H3/b17-12+. The summed E-state index contributed by atoms with van der Waals surface area (Å²) >= 11 is 10.0. The molecule has 29 heavy (non-hydrogen) atoms. The Kier molecular flexibility index (Phi) is 7.10. The minimum atomic E-state index is -0.932. The van der Waals surface area contributed by atoms with Crippen LogP contribution in [0.15, 0.2) is 57.9 Å². The summed E-state index contributed by atoms with van der Waals surface area (Å²) in [4.78, 5) is 27.7. The van der Waals surface area contributed by atoms with Gasteiger partial charge in [0.25, 0.3) is 5.91 Å². The third-order valence-electron chi connectivity index (χ3n) is 4.19. The SMILES string of the molecule is CCOC(=O)C(c1ccccc1)N1C(=O)/C(=C\c2cc(Br)ccc2OC)SC1=S. The lowest BCUT2D eigenvalue weighted by Gasteiger charge is -2.25. The van der Waals surface area contributed by atoms with Gasteiger partial charge >= 0.3 is 5.97 Å². The number of halogens is 1. The molecule has 0 aliphatic carbocycles. The second-order valence-corrected chi connectivity index (χ2v) is 8.59. The summed E-state index contributed by atoms with van der Waals surface area (Å²) in [6.45, 7) is 1.94. The molecule has 8 heteroatoms. The van der Waals surface area contributed by atoms with E-state index in [1.54, 1.807) is 44.4 Å². The van der Waals surface area contributed by atoms with Crippen LogP contribution in [-0.2, 0) is 14.3 Å². The van der Waals surface area contributed by atoms with Crippen molar-refractivity contribution >= 4 is 62.2 Å². The first-order valence-corrected chi connectivity index (χ1v) is 10.8. The summed E-state index contributed by atoms with van der Waals surface area (Å²) in [5, 5.41) is 0. The molecule has 3 rings (SSSR count). The second-order valence-electron chi connectivity index (χ2n) is 6.00. The zero-order valence-electron chi connectivity index (χ0n) is 15.8. The number of thioether (sulfide) groups is 1. The molecular formula is C21H18BrNO4S2. The molecule has 1 atom stereocenters. The predicted octanol–water partition coefficient (Wildman–Crippen LogP) is 4.96. The second kappa shape index (κ2) is 9.56. The molecule has 0 aromatic heterocycles. The molecule has 1 unspecified atom stereocenters. The fourth-order valence-electron chi connectivity index (χ4n) is 2.91. The van der Waals surface area contributed by atoms with Crippen LogP contribution in [0.1, 0.15) is 24.1 Å². The molecule has 1 heterocycles. The van der Waals surface area contributed by atoms with E-state index in [1.807, 2.05) is 24.3 Å². The van der Waals surface area contributed by atoms with Gasteiger partial charge in [0.15, 0.2) is 6.04 Å². The molecule has 150 valence electrons. The van der Waals surface area contributed by atoms with Gasteiger partial charge in [-0.1, -0.05) is 70.2 Å². The first kappa shape index (κ1) is 21.5. The Hall–Kier alpha value is -2.16. The third-order valence-corrected chi connectivity index (χ3v) is 6.01. The molecule has 2 aromatic rings.